The van der Waals surface area contributed by atoms with Gasteiger partial charge in [0.2, 0.25) is 0 Å². The number of nitrogens with zero attached hydrogens (tertiary/aromatic N) is 2. The van der Waals surface area contributed by atoms with Crippen molar-refractivity contribution < 1.29 is 9.90 Å². The zero-order valence-electron chi connectivity index (χ0n) is 17.3. The first kappa shape index (κ1) is 19.7. The largest absolute Gasteiger partial charge is 0.477 e. The number of benzene rings is 1. The molecule has 1 aromatic carbocycles. The average molecular weight is 396 g/mol. The van der Waals surface area contributed by atoms with E-state index in [1.165, 1.54) is 24.6 Å². The SMILES string of the molecule is CCc1cc(C(=O)O)c(=O)[nH]c1-c1ccc(N2C[C@H]3CC[C@@H](N(C)C)[C@H]3C2)cc1. The van der Waals surface area contributed by atoms with E-state index in [2.05, 4.69) is 41.0 Å². The fourth-order valence-corrected chi connectivity index (χ4v) is 5.20. The third-order valence-corrected chi connectivity index (χ3v) is 6.74. The van der Waals surface area contributed by atoms with E-state index in [4.69, 9.17) is 0 Å². The molecule has 6 nitrogen and oxygen atoms in total. The first-order valence-corrected chi connectivity index (χ1v) is 10.4. The fraction of sp³-hybridized carbons (Fsp3) is 0.478. The van der Waals surface area contributed by atoms with Crippen LogP contribution in [0.25, 0.3) is 11.3 Å². The maximum atomic E-state index is 12.1. The number of nitrogens with one attached hydrogen (secondary N) is 1. The summed E-state index contributed by atoms with van der Waals surface area (Å²) in [7, 11) is 4.37. The van der Waals surface area contributed by atoms with Gasteiger partial charge in [-0.15, -0.1) is 0 Å². The number of aromatic amines is 1. The second kappa shape index (κ2) is 7.67. The Bertz CT molecular complexity index is 964. The van der Waals surface area contributed by atoms with Gasteiger partial charge in [0.05, 0.1) is 5.69 Å². The molecule has 1 saturated heterocycles. The highest BCUT2D eigenvalue weighted by Gasteiger charge is 2.43. The van der Waals surface area contributed by atoms with Gasteiger partial charge in [-0.25, -0.2) is 4.79 Å². The van der Waals surface area contributed by atoms with E-state index < -0.39 is 11.5 Å². The summed E-state index contributed by atoms with van der Waals surface area (Å²) in [5, 5.41) is 9.20. The third-order valence-electron chi connectivity index (χ3n) is 6.74. The lowest BCUT2D eigenvalue weighted by Gasteiger charge is -2.27. The number of carbonyl (C=O) groups is 1. The molecular formula is C23H29N3O3. The minimum absolute atomic E-state index is 0.207. The number of aromatic carboxylic acids is 1. The zero-order chi connectivity index (χ0) is 20.7. The molecule has 4 rings (SSSR count). The quantitative estimate of drug-likeness (QED) is 0.814. The second-order valence-electron chi connectivity index (χ2n) is 8.56. The Hall–Kier alpha value is -2.60. The molecule has 3 atom stereocenters. The van der Waals surface area contributed by atoms with E-state index in [1.807, 2.05) is 19.1 Å². The zero-order valence-corrected chi connectivity index (χ0v) is 17.3. The van der Waals surface area contributed by atoms with Crippen LogP contribution in [0.3, 0.4) is 0 Å². The van der Waals surface area contributed by atoms with Crippen molar-refractivity contribution in [1.82, 2.24) is 9.88 Å². The number of hydrogen-bond donors (Lipinski definition) is 2. The van der Waals surface area contributed by atoms with Crippen LogP contribution in [-0.4, -0.2) is 54.2 Å². The van der Waals surface area contributed by atoms with Crippen molar-refractivity contribution in [1.29, 1.82) is 0 Å². The number of aromatic nitrogens is 1. The van der Waals surface area contributed by atoms with Gasteiger partial charge < -0.3 is 19.9 Å². The van der Waals surface area contributed by atoms with Gasteiger partial charge >= 0.3 is 5.97 Å². The number of pyridine rings is 1. The topological polar surface area (TPSA) is 76.6 Å². The van der Waals surface area contributed by atoms with Crippen LogP contribution in [0, 0.1) is 11.8 Å². The molecule has 1 aromatic heterocycles. The van der Waals surface area contributed by atoms with E-state index in [9.17, 15) is 14.7 Å². The summed E-state index contributed by atoms with van der Waals surface area (Å²) in [5.41, 5.74) is 2.89. The summed E-state index contributed by atoms with van der Waals surface area (Å²) in [6, 6.07) is 10.4. The van der Waals surface area contributed by atoms with Crippen molar-refractivity contribution in [2.24, 2.45) is 11.8 Å². The number of aryl methyl sites for hydroxylation is 1. The first-order chi connectivity index (χ1) is 13.9. The molecule has 1 aliphatic heterocycles. The highest BCUT2D eigenvalue weighted by molar-refractivity contribution is 5.88. The van der Waals surface area contributed by atoms with Crippen molar-refractivity contribution >= 4 is 11.7 Å². The van der Waals surface area contributed by atoms with Gasteiger partial charge in [0.1, 0.15) is 5.56 Å². The lowest BCUT2D eigenvalue weighted by molar-refractivity contribution is 0.0695. The number of anilines is 1. The van der Waals surface area contributed by atoms with Gasteiger partial charge in [-0.2, -0.15) is 0 Å². The highest BCUT2D eigenvalue weighted by atomic mass is 16.4. The van der Waals surface area contributed by atoms with Gasteiger partial charge in [0.15, 0.2) is 0 Å². The Balaban J connectivity index is 1.57. The summed E-state index contributed by atoms with van der Waals surface area (Å²) in [6.45, 7) is 4.16. The molecule has 29 heavy (non-hydrogen) atoms. The molecule has 0 amide bonds. The lowest BCUT2D eigenvalue weighted by atomic mass is 9.97. The molecule has 6 heteroatoms. The van der Waals surface area contributed by atoms with Crippen LogP contribution in [0.5, 0.6) is 0 Å². The lowest BCUT2D eigenvalue weighted by Crippen LogP contribution is -2.34. The molecule has 1 saturated carbocycles. The van der Waals surface area contributed by atoms with E-state index in [0.717, 1.165) is 36.1 Å². The minimum atomic E-state index is -1.20. The minimum Gasteiger partial charge on any atom is -0.477 e. The Morgan fingerprint density at radius 2 is 1.93 bits per heavy atom. The van der Waals surface area contributed by atoms with Gasteiger partial charge in [-0.1, -0.05) is 19.1 Å². The van der Waals surface area contributed by atoms with Crippen LogP contribution in [0.1, 0.15) is 35.7 Å². The van der Waals surface area contributed by atoms with Gasteiger partial charge in [-0.3, -0.25) is 4.79 Å². The molecule has 2 fully saturated rings. The molecule has 2 aliphatic rings. The smallest absolute Gasteiger partial charge is 0.341 e. The predicted molar refractivity (Wildman–Crippen MR) is 115 cm³/mol. The molecule has 2 N–H and O–H groups in total. The van der Waals surface area contributed by atoms with Gasteiger partial charge in [0.25, 0.3) is 5.56 Å². The maximum absolute atomic E-state index is 12.1. The average Bonchev–Trinajstić information content (AvgIpc) is 3.28. The Morgan fingerprint density at radius 1 is 1.21 bits per heavy atom. The van der Waals surface area contributed by atoms with Crippen LogP contribution in [-0.2, 0) is 6.42 Å². The monoisotopic (exact) mass is 395 g/mol. The van der Waals surface area contributed by atoms with Crippen LogP contribution in [0.4, 0.5) is 5.69 Å². The molecule has 0 radical (unpaired) electrons. The number of H-pyrrole nitrogens is 1. The number of carboxylic acid groups (broad SMARTS) is 1. The van der Waals surface area contributed by atoms with Gasteiger partial charge in [-0.05, 0) is 74.5 Å². The van der Waals surface area contributed by atoms with Crippen molar-refractivity contribution in [2.45, 2.75) is 32.2 Å². The first-order valence-electron chi connectivity index (χ1n) is 10.4. The summed E-state index contributed by atoms with van der Waals surface area (Å²) in [5.74, 6) is 0.309. The van der Waals surface area contributed by atoms with Crippen LogP contribution >= 0.6 is 0 Å². The van der Waals surface area contributed by atoms with Crippen LogP contribution in [0.2, 0.25) is 0 Å². The van der Waals surface area contributed by atoms with E-state index in [-0.39, 0.29) is 5.56 Å². The van der Waals surface area contributed by atoms with Crippen molar-refractivity contribution in [3.05, 3.63) is 51.8 Å². The molecule has 1 aliphatic carbocycles. The molecule has 0 bridgehead atoms. The highest BCUT2D eigenvalue weighted by Crippen LogP contribution is 2.41. The number of rotatable bonds is 5. The molecule has 2 heterocycles. The van der Waals surface area contributed by atoms with E-state index in [1.54, 1.807) is 0 Å². The normalized spacial score (nSPS) is 23.6. The summed E-state index contributed by atoms with van der Waals surface area (Å²) >= 11 is 0. The predicted octanol–water partition coefficient (Wildman–Crippen LogP) is 3.08. The third kappa shape index (κ3) is 3.57. The molecule has 0 spiro atoms. The van der Waals surface area contributed by atoms with Gasteiger partial charge in [0, 0.05) is 24.8 Å². The number of carboxylic acids is 1. The van der Waals surface area contributed by atoms with E-state index in [0.29, 0.717) is 18.2 Å². The molecular weight excluding hydrogens is 366 g/mol. The summed E-state index contributed by atoms with van der Waals surface area (Å²) < 4.78 is 0. The fourth-order valence-electron chi connectivity index (χ4n) is 5.20. The maximum Gasteiger partial charge on any atom is 0.341 e. The van der Waals surface area contributed by atoms with E-state index >= 15 is 0 Å². The Kier molecular flexibility index (Phi) is 5.21. The second-order valence-corrected chi connectivity index (χ2v) is 8.56. The van der Waals surface area contributed by atoms with Crippen LogP contribution < -0.4 is 10.5 Å². The summed E-state index contributed by atoms with van der Waals surface area (Å²) in [4.78, 5) is 31.0. The number of hydrogen-bond acceptors (Lipinski definition) is 4. The molecule has 154 valence electrons. The van der Waals surface area contributed by atoms with Crippen LogP contribution in [0.15, 0.2) is 35.1 Å². The Labute approximate surface area is 171 Å². The Morgan fingerprint density at radius 3 is 2.55 bits per heavy atom. The number of fused-ring (bicyclic) bond motifs is 1. The molecule has 2 aromatic rings. The standard InChI is InChI=1S/C23H29N3O3/c1-4-14-11-18(23(28)29)22(27)24-21(14)15-5-8-17(9-6-15)26-12-16-7-10-20(25(2)3)19(16)13-26/h5-6,8-9,11,16,19-20H,4,7,10,12-13H2,1-3H3,(H,24,27)(H,28,29)/t16-,19+,20-/m1/s1. The summed E-state index contributed by atoms with van der Waals surface area (Å²) in [6.07, 6.45) is 3.25. The molecule has 0 unspecified atom stereocenters. The van der Waals surface area contributed by atoms with Crippen molar-refractivity contribution in [3.63, 3.8) is 0 Å². The van der Waals surface area contributed by atoms with Crippen molar-refractivity contribution in [2.75, 3.05) is 32.1 Å². The van der Waals surface area contributed by atoms with Crippen molar-refractivity contribution in [3.8, 4) is 11.3 Å².